The van der Waals surface area contributed by atoms with Gasteiger partial charge in [0.15, 0.2) is 12.4 Å². The topological polar surface area (TPSA) is 79.8 Å². The quantitative estimate of drug-likeness (QED) is 0.587. The van der Waals surface area contributed by atoms with Crippen LogP contribution in [0.4, 0.5) is 10.2 Å². The van der Waals surface area contributed by atoms with Crippen LogP contribution in [0.5, 0.6) is 5.88 Å². The first kappa shape index (κ1) is 21.9. The molecule has 0 radical (unpaired) electrons. The molecule has 1 fully saturated rings. The van der Waals surface area contributed by atoms with Crippen molar-refractivity contribution >= 4 is 11.7 Å². The summed E-state index contributed by atoms with van der Waals surface area (Å²) in [6.45, 7) is 5.49. The van der Waals surface area contributed by atoms with Gasteiger partial charge in [0.05, 0.1) is 13.2 Å². The third kappa shape index (κ3) is 7.23. The fraction of sp³-hybridized carbons (Fsp3) is 0.476. The molecule has 1 aromatic heterocycles. The maximum absolute atomic E-state index is 13.0. The smallest absolute Gasteiger partial charge is 0.258 e. The molecule has 0 unspecified atom stereocenters. The zero-order valence-corrected chi connectivity index (χ0v) is 17.2. The summed E-state index contributed by atoms with van der Waals surface area (Å²) in [6, 6.07) is 9.77. The van der Waals surface area contributed by atoms with Gasteiger partial charge in [0.25, 0.3) is 5.91 Å². The van der Waals surface area contributed by atoms with Crippen LogP contribution >= 0.6 is 0 Å². The van der Waals surface area contributed by atoms with Gasteiger partial charge < -0.3 is 19.7 Å². The lowest BCUT2D eigenvalue weighted by atomic mass is 10.2. The number of benzene rings is 1. The zero-order valence-electron chi connectivity index (χ0n) is 17.2. The molecule has 0 saturated carbocycles. The molecule has 8 nitrogen and oxygen atoms in total. The van der Waals surface area contributed by atoms with Gasteiger partial charge in [-0.05, 0) is 36.7 Å². The molecule has 1 aliphatic rings. The molecule has 1 amide bonds. The molecule has 0 spiro atoms. The molecule has 2 aromatic rings. The molecule has 162 valence electrons. The summed E-state index contributed by atoms with van der Waals surface area (Å²) in [4.78, 5) is 16.1. The minimum atomic E-state index is -0.260. The second-order valence-electron chi connectivity index (χ2n) is 7.16. The van der Waals surface area contributed by atoms with E-state index in [0.29, 0.717) is 18.9 Å². The van der Waals surface area contributed by atoms with Gasteiger partial charge in [0.1, 0.15) is 5.82 Å². The van der Waals surface area contributed by atoms with Gasteiger partial charge in [-0.2, -0.15) is 0 Å². The van der Waals surface area contributed by atoms with Crippen molar-refractivity contribution in [3.63, 3.8) is 0 Å². The van der Waals surface area contributed by atoms with Crippen molar-refractivity contribution in [3.05, 3.63) is 47.8 Å². The number of carbonyl (C=O) groups excluding carboxylic acids is 1. The molecule has 1 aromatic carbocycles. The molecule has 9 heteroatoms. The molecule has 0 atom stereocenters. The van der Waals surface area contributed by atoms with Crippen LogP contribution in [-0.2, 0) is 16.1 Å². The van der Waals surface area contributed by atoms with Crippen LogP contribution in [0.3, 0.4) is 0 Å². The number of nitrogens with one attached hydrogen (secondary N) is 1. The number of hydrogen-bond acceptors (Lipinski definition) is 7. The molecule has 30 heavy (non-hydrogen) atoms. The van der Waals surface area contributed by atoms with Crippen molar-refractivity contribution in [3.8, 4) is 5.88 Å². The Morgan fingerprint density at radius 2 is 1.97 bits per heavy atom. The van der Waals surface area contributed by atoms with Crippen molar-refractivity contribution in [2.24, 2.45) is 0 Å². The van der Waals surface area contributed by atoms with E-state index < -0.39 is 0 Å². The number of carbonyl (C=O) groups is 1. The van der Waals surface area contributed by atoms with Gasteiger partial charge in [0, 0.05) is 39.3 Å². The summed E-state index contributed by atoms with van der Waals surface area (Å²) in [7, 11) is 1.87. The predicted octanol–water partition coefficient (Wildman–Crippen LogP) is 1.47. The van der Waals surface area contributed by atoms with Gasteiger partial charge in [-0.15, -0.1) is 10.2 Å². The zero-order chi connectivity index (χ0) is 21.2. The van der Waals surface area contributed by atoms with Crippen molar-refractivity contribution in [2.75, 3.05) is 57.9 Å². The Hall–Kier alpha value is -2.78. The molecule has 1 aliphatic heterocycles. The molecule has 3 rings (SSSR count). The minimum absolute atomic E-state index is 0.100. The van der Waals surface area contributed by atoms with E-state index in [4.69, 9.17) is 9.47 Å². The highest BCUT2D eigenvalue weighted by Gasteiger charge is 2.10. The number of ether oxygens (including phenoxy) is 2. The van der Waals surface area contributed by atoms with E-state index in [-0.39, 0.29) is 24.2 Å². The summed E-state index contributed by atoms with van der Waals surface area (Å²) in [5.74, 6) is 0.497. The highest BCUT2D eigenvalue weighted by Crippen LogP contribution is 2.14. The van der Waals surface area contributed by atoms with Crippen LogP contribution in [-0.4, -0.2) is 74.1 Å². The molecule has 1 saturated heterocycles. The monoisotopic (exact) mass is 417 g/mol. The number of hydrogen-bond donors (Lipinski definition) is 1. The Bertz CT molecular complexity index is 782. The second-order valence-corrected chi connectivity index (χ2v) is 7.16. The van der Waals surface area contributed by atoms with Crippen molar-refractivity contribution in [2.45, 2.75) is 13.0 Å². The Labute approximate surface area is 176 Å². The SMILES string of the molecule is CN(Cc1ccc(F)cc1)c1ccc(OCC(=O)NCCCN2CCOCC2)nn1. The van der Waals surface area contributed by atoms with E-state index in [2.05, 4.69) is 20.4 Å². The van der Waals surface area contributed by atoms with E-state index >= 15 is 0 Å². The molecule has 1 N–H and O–H groups in total. The lowest BCUT2D eigenvalue weighted by Gasteiger charge is -2.26. The predicted molar refractivity (Wildman–Crippen MR) is 111 cm³/mol. The van der Waals surface area contributed by atoms with E-state index in [1.165, 1.54) is 12.1 Å². The number of halogens is 1. The summed E-state index contributed by atoms with van der Waals surface area (Å²) < 4.78 is 23.7. The van der Waals surface area contributed by atoms with Crippen LogP contribution in [0.15, 0.2) is 36.4 Å². The van der Waals surface area contributed by atoms with Gasteiger partial charge in [-0.1, -0.05) is 12.1 Å². The summed E-state index contributed by atoms with van der Waals surface area (Å²) in [6.07, 6.45) is 0.890. The normalized spacial score (nSPS) is 14.3. The standard InChI is InChI=1S/C21H28FN5O3/c1-26(15-17-3-5-18(22)6-4-17)19-7-8-21(25-24-19)30-16-20(28)23-9-2-10-27-11-13-29-14-12-27/h3-8H,2,9-16H2,1H3,(H,23,28). The Balaban J connectivity index is 1.34. The average Bonchev–Trinajstić information content (AvgIpc) is 2.78. The number of anilines is 1. The molecular formula is C21H28FN5O3. The largest absolute Gasteiger partial charge is 0.466 e. The highest BCUT2D eigenvalue weighted by molar-refractivity contribution is 5.77. The summed E-state index contributed by atoms with van der Waals surface area (Å²) in [5, 5.41) is 11.0. The van der Waals surface area contributed by atoms with Crippen LogP contribution in [0.1, 0.15) is 12.0 Å². The summed E-state index contributed by atoms with van der Waals surface area (Å²) in [5.41, 5.74) is 0.964. The Morgan fingerprint density at radius 3 is 2.67 bits per heavy atom. The van der Waals surface area contributed by atoms with Gasteiger partial charge in [-0.3, -0.25) is 9.69 Å². The number of nitrogens with zero attached hydrogens (tertiary/aromatic N) is 4. The van der Waals surface area contributed by atoms with Gasteiger partial charge >= 0.3 is 0 Å². The lowest BCUT2D eigenvalue weighted by Crippen LogP contribution is -2.38. The van der Waals surface area contributed by atoms with Crippen LogP contribution in [0, 0.1) is 5.82 Å². The fourth-order valence-electron chi connectivity index (χ4n) is 3.08. The number of rotatable bonds is 10. The van der Waals surface area contributed by atoms with Crippen molar-refractivity contribution in [1.29, 1.82) is 0 Å². The second kappa shape index (κ2) is 11.4. The maximum atomic E-state index is 13.0. The van der Waals surface area contributed by atoms with Crippen LogP contribution in [0.2, 0.25) is 0 Å². The highest BCUT2D eigenvalue weighted by atomic mass is 19.1. The van der Waals surface area contributed by atoms with E-state index in [9.17, 15) is 9.18 Å². The Morgan fingerprint density at radius 1 is 1.20 bits per heavy atom. The average molecular weight is 417 g/mol. The first-order valence-electron chi connectivity index (χ1n) is 10.1. The van der Waals surface area contributed by atoms with Crippen molar-refractivity contribution in [1.82, 2.24) is 20.4 Å². The van der Waals surface area contributed by atoms with Crippen LogP contribution < -0.4 is 15.0 Å². The van der Waals surface area contributed by atoms with E-state index in [0.717, 1.165) is 44.8 Å². The van der Waals surface area contributed by atoms with Gasteiger partial charge in [0.2, 0.25) is 5.88 Å². The number of amides is 1. The van der Waals surface area contributed by atoms with Crippen molar-refractivity contribution < 1.29 is 18.7 Å². The molecule has 0 aliphatic carbocycles. The fourth-order valence-corrected chi connectivity index (χ4v) is 3.08. The molecule has 0 bridgehead atoms. The first-order chi connectivity index (χ1) is 14.6. The molecule has 2 heterocycles. The van der Waals surface area contributed by atoms with E-state index in [1.807, 2.05) is 11.9 Å². The minimum Gasteiger partial charge on any atom is -0.466 e. The van der Waals surface area contributed by atoms with Crippen LogP contribution in [0.25, 0.3) is 0 Å². The number of aromatic nitrogens is 2. The first-order valence-corrected chi connectivity index (χ1v) is 10.1. The lowest BCUT2D eigenvalue weighted by molar-refractivity contribution is -0.123. The Kier molecular flexibility index (Phi) is 8.34. The maximum Gasteiger partial charge on any atom is 0.258 e. The number of morpholine rings is 1. The summed E-state index contributed by atoms with van der Waals surface area (Å²) >= 11 is 0. The molecular weight excluding hydrogens is 389 g/mol. The van der Waals surface area contributed by atoms with Gasteiger partial charge in [-0.25, -0.2) is 4.39 Å². The third-order valence-electron chi connectivity index (χ3n) is 4.78. The van der Waals surface area contributed by atoms with E-state index in [1.54, 1.807) is 24.3 Å². The third-order valence-corrected chi connectivity index (χ3v) is 4.78.